The topological polar surface area (TPSA) is 30.5 Å². The zero-order chi connectivity index (χ0) is 8.81. The van der Waals surface area contributed by atoms with Gasteiger partial charge in [0.1, 0.15) is 0 Å². The molecule has 1 N–H and O–H groups in total. The normalized spacial score (nSPS) is 29.5. The molecule has 1 fully saturated rings. The van der Waals surface area contributed by atoms with E-state index in [1.165, 1.54) is 0 Å². The predicted octanol–water partition coefficient (Wildman–Crippen LogP) is 0.790. The summed E-state index contributed by atoms with van der Waals surface area (Å²) >= 11 is 0. The monoisotopic (exact) mass is 173 g/mol. The maximum Gasteiger partial charge on any atom is 0.0700 e. The van der Waals surface area contributed by atoms with Gasteiger partial charge in [0.05, 0.1) is 12.7 Å². The van der Waals surface area contributed by atoms with Gasteiger partial charge in [-0.2, -0.15) is 0 Å². The van der Waals surface area contributed by atoms with Crippen LogP contribution in [0.4, 0.5) is 0 Å². The van der Waals surface area contributed by atoms with Crippen LogP contribution in [0.2, 0.25) is 0 Å². The Bertz CT molecular complexity index is 119. The first-order valence-electron chi connectivity index (χ1n) is 4.77. The van der Waals surface area contributed by atoms with Crippen LogP contribution >= 0.6 is 0 Å². The van der Waals surface area contributed by atoms with E-state index in [1.54, 1.807) is 0 Å². The molecule has 3 heteroatoms. The van der Waals surface area contributed by atoms with Gasteiger partial charge in [-0.05, 0) is 20.3 Å². The lowest BCUT2D eigenvalue weighted by atomic mass is 10.1. The molecule has 0 aromatic heterocycles. The average Bonchev–Trinajstić information content (AvgIpc) is 2.46. The summed E-state index contributed by atoms with van der Waals surface area (Å²) in [6.07, 6.45) is 1.50. The van der Waals surface area contributed by atoms with Crippen LogP contribution in [0.1, 0.15) is 20.3 Å². The van der Waals surface area contributed by atoms with Crippen LogP contribution in [0.3, 0.4) is 0 Å². The molecular weight excluding hydrogens is 154 g/mol. The van der Waals surface area contributed by atoms with Crippen LogP contribution in [0.25, 0.3) is 0 Å². The fraction of sp³-hybridized carbons (Fsp3) is 1.00. The third kappa shape index (κ3) is 3.09. The Morgan fingerprint density at radius 1 is 1.58 bits per heavy atom. The van der Waals surface area contributed by atoms with Crippen molar-refractivity contribution in [3.05, 3.63) is 0 Å². The molecule has 0 unspecified atom stereocenters. The first kappa shape index (κ1) is 9.96. The third-order valence-corrected chi connectivity index (χ3v) is 2.23. The van der Waals surface area contributed by atoms with E-state index >= 15 is 0 Å². The van der Waals surface area contributed by atoms with Crippen molar-refractivity contribution in [1.82, 2.24) is 5.32 Å². The summed E-state index contributed by atoms with van der Waals surface area (Å²) in [5, 5.41) is 3.42. The first-order valence-corrected chi connectivity index (χ1v) is 4.77. The summed E-state index contributed by atoms with van der Waals surface area (Å²) in [5.41, 5.74) is 0. The summed E-state index contributed by atoms with van der Waals surface area (Å²) in [5.74, 6) is 0. The molecule has 1 heterocycles. The van der Waals surface area contributed by atoms with Crippen molar-refractivity contribution in [3.63, 3.8) is 0 Å². The SMILES string of the molecule is CCOCCN[C@@H]1CCO[C@@H]1C. The molecule has 3 nitrogen and oxygen atoms in total. The Morgan fingerprint density at radius 3 is 3.00 bits per heavy atom. The molecule has 72 valence electrons. The van der Waals surface area contributed by atoms with Gasteiger partial charge in [0.25, 0.3) is 0 Å². The quantitative estimate of drug-likeness (QED) is 0.623. The summed E-state index contributed by atoms with van der Waals surface area (Å²) in [6.45, 7) is 7.57. The van der Waals surface area contributed by atoms with Crippen LogP contribution in [-0.4, -0.2) is 38.5 Å². The molecule has 0 aliphatic carbocycles. The van der Waals surface area contributed by atoms with Crippen LogP contribution in [0.5, 0.6) is 0 Å². The fourth-order valence-electron chi connectivity index (χ4n) is 1.46. The van der Waals surface area contributed by atoms with E-state index in [0.29, 0.717) is 12.1 Å². The maximum atomic E-state index is 5.42. The summed E-state index contributed by atoms with van der Waals surface area (Å²) in [4.78, 5) is 0. The third-order valence-electron chi connectivity index (χ3n) is 2.23. The Balaban J connectivity index is 1.98. The highest BCUT2D eigenvalue weighted by Crippen LogP contribution is 2.11. The van der Waals surface area contributed by atoms with Crippen molar-refractivity contribution in [1.29, 1.82) is 0 Å². The van der Waals surface area contributed by atoms with E-state index in [1.807, 2.05) is 6.92 Å². The average molecular weight is 173 g/mol. The predicted molar refractivity (Wildman–Crippen MR) is 48.3 cm³/mol. The second-order valence-corrected chi connectivity index (χ2v) is 3.12. The van der Waals surface area contributed by atoms with Crippen LogP contribution in [0.15, 0.2) is 0 Å². The van der Waals surface area contributed by atoms with E-state index in [-0.39, 0.29) is 0 Å². The number of ether oxygens (including phenoxy) is 2. The molecule has 0 saturated carbocycles. The molecule has 0 amide bonds. The van der Waals surface area contributed by atoms with Crippen molar-refractivity contribution in [2.24, 2.45) is 0 Å². The van der Waals surface area contributed by atoms with E-state index in [2.05, 4.69) is 12.2 Å². The van der Waals surface area contributed by atoms with Crippen molar-refractivity contribution >= 4 is 0 Å². The van der Waals surface area contributed by atoms with Gasteiger partial charge >= 0.3 is 0 Å². The van der Waals surface area contributed by atoms with Gasteiger partial charge in [0.15, 0.2) is 0 Å². The van der Waals surface area contributed by atoms with Crippen LogP contribution in [-0.2, 0) is 9.47 Å². The standard InChI is InChI=1S/C9H19NO2/c1-3-11-7-5-10-9-4-6-12-8(9)2/h8-10H,3-7H2,1-2H3/t8-,9-/m1/s1. The number of rotatable bonds is 5. The molecule has 0 spiro atoms. The number of hydrogen-bond donors (Lipinski definition) is 1. The molecule has 1 aliphatic rings. The lowest BCUT2D eigenvalue weighted by Crippen LogP contribution is -2.36. The molecule has 0 bridgehead atoms. The van der Waals surface area contributed by atoms with Crippen molar-refractivity contribution < 1.29 is 9.47 Å². The minimum Gasteiger partial charge on any atom is -0.380 e. The molecule has 1 saturated heterocycles. The molecule has 2 atom stereocenters. The zero-order valence-electron chi connectivity index (χ0n) is 8.01. The number of nitrogens with one attached hydrogen (secondary N) is 1. The van der Waals surface area contributed by atoms with Gasteiger partial charge in [-0.1, -0.05) is 0 Å². The van der Waals surface area contributed by atoms with E-state index in [0.717, 1.165) is 32.8 Å². The zero-order valence-corrected chi connectivity index (χ0v) is 8.01. The Morgan fingerprint density at radius 2 is 2.42 bits per heavy atom. The summed E-state index contributed by atoms with van der Waals surface area (Å²) in [7, 11) is 0. The Labute approximate surface area is 74.4 Å². The summed E-state index contributed by atoms with van der Waals surface area (Å²) in [6, 6.07) is 0.533. The second kappa shape index (κ2) is 5.51. The van der Waals surface area contributed by atoms with E-state index < -0.39 is 0 Å². The van der Waals surface area contributed by atoms with Crippen molar-refractivity contribution in [3.8, 4) is 0 Å². The second-order valence-electron chi connectivity index (χ2n) is 3.12. The van der Waals surface area contributed by atoms with Crippen LogP contribution in [0, 0.1) is 0 Å². The molecule has 0 aromatic carbocycles. The minimum atomic E-state index is 0.367. The fourth-order valence-corrected chi connectivity index (χ4v) is 1.46. The molecular formula is C9H19NO2. The minimum absolute atomic E-state index is 0.367. The highest BCUT2D eigenvalue weighted by molar-refractivity contribution is 4.78. The maximum absolute atomic E-state index is 5.42. The van der Waals surface area contributed by atoms with Gasteiger partial charge in [-0.3, -0.25) is 0 Å². The largest absolute Gasteiger partial charge is 0.380 e. The Hall–Kier alpha value is -0.120. The Kier molecular flexibility index (Phi) is 4.58. The van der Waals surface area contributed by atoms with Crippen molar-refractivity contribution in [2.75, 3.05) is 26.4 Å². The van der Waals surface area contributed by atoms with Gasteiger partial charge in [0.2, 0.25) is 0 Å². The highest BCUT2D eigenvalue weighted by Gasteiger charge is 2.22. The van der Waals surface area contributed by atoms with E-state index in [9.17, 15) is 0 Å². The van der Waals surface area contributed by atoms with Gasteiger partial charge in [-0.15, -0.1) is 0 Å². The highest BCUT2D eigenvalue weighted by atomic mass is 16.5. The molecule has 1 rings (SSSR count). The van der Waals surface area contributed by atoms with Gasteiger partial charge in [-0.25, -0.2) is 0 Å². The number of hydrogen-bond acceptors (Lipinski definition) is 3. The van der Waals surface area contributed by atoms with Gasteiger partial charge < -0.3 is 14.8 Å². The summed E-state index contributed by atoms with van der Waals surface area (Å²) < 4.78 is 10.6. The van der Waals surface area contributed by atoms with E-state index in [4.69, 9.17) is 9.47 Å². The van der Waals surface area contributed by atoms with Crippen LogP contribution < -0.4 is 5.32 Å². The molecule has 0 aromatic rings. The molecule has 0 radical (unpaired) electrons. The van der Waals surface area contributed by atoms with Gasteiger partial charge in [0, 0.05) is 25.8 Å². The first-order chi connectivity index (χ1) is 5.84. The lowest BCUT2D eigenvalue weighted by molar-refractivity contribution is 0.107. The van der Waals surface area contributed by atoms with Crippen molar-refractivity contribution in [2.45, 2.75) is 32.4 Å². The molecule has 12 heavy (non-hydrogen) atoms. The lowest BCUT2D eigenvalue weighted by Gasteiger charge is -2.15. The molecule has 1 aliphatic heterocycles. The smallest absolute Gasteiger partial charge is 0.0700 e.